The Hall–Kier alpha value is -4.76. The van der Waals surface area contributed by atoms with Crippen LogP contribution in [0.15, 0.2) is 92.2 Å². The van der Waals surface area contributed by atoms with Crippen LogP contribution in [0, 0.1) is 0 Å². The highest BCUT2D eigenvalue weighted by Crippen LogP contribution is 2.34. The summed E-state index contributed by atoms with van der Waals surface area (Å²) in [5.74, 6) is -2.35. The Morgan fingerprint density at radius 2 is 1.85 bits per heavy atom. The molecule has 0 saturated carbocycles. The summed E-state index contributed by atoms with van der Waals surface area (Å²) in [5, 5.41) is 14.9. The number of halogens is 3. The SMILES string of the molecule is O=C(O)c1cccc(N2N=C(C(F)(F)F)C(=Cc3ccc(-c4ccc(S(=O)(=O)Nc5nccs5)cc4)o3)C2=O)c1. The quantitative estimate of drug-likeness (QED) is 0.281. The highest BCUT2D eigenvalue weighted by Gasteiger charge is 2.47. The van der Waals surface area contributed by atoms with Crippen molar-refractivity contribution in [2.24, 2.45) is 5.10 Å². The van der Waals surface area contributed by atoms with Crippen molar-refractivity contribution in [2.45, 2.75) is 11.1 Å². The second-order valence-corrected chi connectivity index (χ2v) is 10.7. The standard InChI is InChI=1S/C25H15F3N4O6S2/c26-25(27,28)21-19(22(33)32(30-21)16-3-1-2-15(12-16)23(34)35)13-17-6-9-20(38-17)14-4-7-18(8-5-14)40(36,37)31-24-29-10-11-39-24/h1-13H,(H,29,31)(H,34,35). The lowest BCUT2D eigenvalue weighted by atomic mass is 10.1. The van der Waals surface area contributed by atoms with E-state index >= 15 is 0 Å². The molecule has 0 aliphatic carbocycles. The number of rotatable bonds is 7. The lowest BCUT2D eigenvalue weighted by molar-refractivity contribution is -0.114. The topological polar surface area (TPSA) is 142 Å². The van der Waals surface area contributed by atoms with Crippen molar-refractivity contribution in [3.05, 3.63) is 89.1 Å². The zero-order chi connectivity index (χ0) is 28.7. The van der Waals surface area contributed by atoms with Crippen LogP contribution in [0.3, 0.4) is 0 Å². The number of anilines is 2. The van der Waals surface area contributed by atoms with Crippen LogP contribution < -0.4 is 9.73 Å². The molecule has 2 N–H and O–H groups in total. The lowest BCUT2D eigenvalue weighted by Gasteiger charge is -2.11. The molecule has 2 aromatic heterocycles. The van der Waals surface area contributed by atoms with E-state index in [1.165, 1.54) is 60.8 Å². The summed E-state index contributed by atoms with van der Waals surface area (Å²) < 4.78 is 74.3. The number of carboxylic acids is 1. The summed E-state index contributed by atoms with van der Waals surface area (Å²) in [5.41, 5.74) is -2.25. The number of carbonyl (C=O) groups excluding carboxylic acids is 1. The zero-order valence-electron chi connectivity index (χ0n) is 19.8. The number of carbonyl (C=O) groups is 2. The molecule has 0 bridgehead atoms. The van der Waals surface area contributed by atoms with E-state index in [0.29, 0.717) is 10.6 Å². The number of hydrogen-bond acceptors (Lipinski definition) is 8. The molecule has 5 rings (SSSR count). The van der Waals surface area contributed by atoms with Gasteiger partial charge >= 0.3 is 12.1 Å². The molecular formula is C25H15F3N4O6S2. The number of nitrogens with one attached hydrogen (secondary N) is 1. The van der Waals surface area contributed by atoms with E-state index in [4.69, 9.17) is 4.42 Å². The molecule has 204 valence electrons. The van der Waals surface area contributed by atoms with Gasteiger partial charge in [0.15, 0.2) is 10.8 Å². The summed E-state index contributed by atoms with van der Waals surface area (Å²) in [6.45, 7) is 0. The first-order valence-corrected chi connectivity index (χ1v) is 13.5. The third-order valence-corrected chi connectivity index (χ3v) is 7.67. The largest absolute Gasteiger partial charge is 0.478 e. The van der Waals surface area contributed by atoms with E-state index in [0.717, 1.165) is 23.5 Å². The fraction of sp³-hybridized carbons (Fsp3) is 0.0400. The van der Waals surface area contributed by atoms with E-state index in [1.807, 2.05) is 0 Å². The van der Waals surface area contributed by atoms with E-state index in [1.54, 1.807) is 5.38 Å². The number of benzene rings is 2. The van der Waals surface area contributed by atoms with Gasteiger partial charge in [-0.05, 0) is 60.7 Å². The summed E-state index contributed by atoms with van der Waals surface area (Å²) in [6, 6.07) is 13.1. The Morgan fingerprint density at radius 1 is 1.10 bits per heavy atom. The number of carboxylic acid groups (broad SMARTS) is 1. The molecule has 0 spiro atoms. The first-order chi connectivity index (χ1) is 18.9. The van der Waals surface area contributed by atoms with Gasteiger partial charge in [-0.3, -0.25) is 9.52 Å². The van der Waals surface area contributed by atoms with Gasteiger partial charge in [0.2, 0.25) is 0 Å². The van der Waals surface area contributed by atoms with Crippen LogP contribution in [0.1, 0.15) is 16.1 Å². The zero-order valence-corrected chi connectivity index (χ0v) is 21.4. The van der Waals surface area contributed by atoms with Crippen LogP contribution in [0.5, 0.6) is 0 Å². The highest BCUT2D eigenvalue weighted by molar-refractivity contribution is 7.93. The van der Waals surface area contributed by atoms with Gasteiger partial charge in [-0.25, -0.2) is 18.2 Å². The van der Waals surface area contributed by atoms with Crippen LogP contribution in [0.2, 0.25) is 0 Å². The number of aromatic carboxylic acids is 1. The summed E-state index contributed by atoms with van der Waals surface area (Å²) in [7, 11) is -3.89. The Labute approximate surface area is 227 Å². The molecule has 0 saturated heterocycles. The van der Waals surface area contributed by atoms with Crippen molar-refractivity contribution in [1.29, 1.82) is 0 Å². The summed E-state index contributed by atoms with van der Waals surface area (Å²) in [4.78, 5) is 28.0. The Bertz CT molecular complexity index is 1780. The van der Waals surface area contributed by atoms with Crippen LogP contribution in [0.4, 0.5) is 24.0 Å². The molecule has 15 heteroatoms. The van der Waals surface area contributed by atoms with E-state index in [9.17, 15) is 36.3 Å². The number of amides is 1. The number of nitrogens with zero attached hydrogens (tertiary/aromatic N) is 3. The molecule has 3 heterocycles. The maximum Gasteiger partial charge on any atom is 0.435 e. The van der Waals surface area contributed by atoms with Crippen molar-refractivity contribution >= 4 is 55.8 Å². The maximum atomic E-state index is 13.8. The van der Waals surface area contributed by atoms with Crippen molar-refractivity contribution in [3.63, 3.8) is 0 Å². The smallest absolute Gasteiger partial charge is 0.435 e. The predicted molar refractivity (Wildman–Crippen MR) is 139 cm³/mol. The maximum absolute atomic E-state index is 13.8. The molecule has 40 heavy (non-hydrogen) atoms. The monoisotopic (exact) mass is 588 g/mol. The summed E-state index contributed by atoms with van der Waals surface area (Å²) >= 11 is 1.11. The minimum absolute atomic E-state index is 0.0463. The van der Waals surface area contributed by atoms with Gasteiger partial charge in [-0.2, -0.15) is 23.3 Å². The van der Waals surface area contributed by atoms with E-state index < -0.39 is 39.4 Å². The van der Waals surface area contributed by atoms with Crippen LogP contribution in [-0.2, 0) is 14.8 Å². The van der Waals surface area contributed by atoms with Gasteiger partial charge in [0.05, 0.1) is 21.7 Å². The fourth-order valence-corrected chi connectivity index (χ4v) is 5.46. The number of alkyl halides is 3. The van der Waals surface area contributed by atoms with Crippen LogP contribution in [0.25, 0.3) is 17.4 Å². The molecule has 1 aliphatic heterocycles. The molecule has 1 aliphatic rings. The minimum Gasteiger partial charge on any atom is -0.478 e. The number of thiazole rings is 1. The second kappa shape index (κ2) is 10.1. The number of sulfonamides is 1. The highest BCUT2D eigenvalue weighted by atomic mass is 32.2. The van der Waals surface area contributed by atoms with Gasteiger partial charge < -0.3 is 9.52 Å². The molecule has 2 aromatic carbocycles. The van der Waals surface area contributed by atoms with E-state index in [-0.39, 0.29) is 32.8 Å². The normalized spacial score (nSPS) is 15.0. The van der Waals surface area contributed by atoms with Gasteiger partial charge in [-0.1, -0.05) is 6.07 Å². The van der Waals surface area contributed by atoms with Crippen molar-refractivity contribution in [2.75, 3.05) is 9.73 Å². The molecular weight excluding hydrogens is 573 g/mol. The van der Waals surface area contributed by atoms with E-state index in [2.05, 4.69) is 14.8 Å². The third-order valence-electron chi connectivity index (χ3n) is 5.50. The molecule has 0 fully saturated rings. The first-order valence-electron chi connectivity index (χ1n) is 11.1. The van der Waals surface area contributed by atoms with Crippen molar-refractivity contribution < 1.29 is 40.7 Å². The van der Waals surface area contributed by atoms with Gasteiger partial charge in [0, 0.05) is 17.1 Å². The third kappa shape index (κ3) is 5.37. The molecule has 0 radical (unpaired) electrons. The number of hydrogen-bond donors (Lipinski definition) is 2. The van der Waals surface area contributed by atoms with Gasteiger partial charge in [-0.15, -0.1) is 11.3 Å². The van der Waals surface area contributed by atoms with Crippen molar-refractivity contribution in [1.82, 2.24) is 4.98 Å². The van der Waals surface area contributed by atoms with Crippen LogP contribution in [-0.4, -0.2) is 42.3 Å². The Kier molecular flexibility index (Phi) is 6.77. The summed E-state index contributed by atoms with van der Waals surface area (Å²) in [6.07, 6.45) is -2.66. The first kappa shape index (κ1) is 26.8. The molecule has 4 aromatic rings. The lowest BCUT2D eigenvalue weighted by Crippen LogP contribution is -2.25. The molecule has 1 amide bonds. The average Bonchev–Trinajstić information content (AvgIpc) is 3.66. The molecule has 0 atom stereocenters. The van der Waals surface area contributed by atoms with Crippen molar-refractivity contribution in [3.8, 4) is 11.3 Å². The van der Waals surface area contributed by atoms with Gasteiger partial charge in [0.1, 0.15) is 11.5 Å². The minimum atomic E-state index is -5.00. The molecule has 0 unspecified atom stereocenters. The second-order valence-electron chi connectivity index (χ2n) is 8.15. The number of aromatic nitrogens is 1. The molecule has 10 nitrogen and oxygen atoms in total. The fourth-order valence-electron chi connectivity index (χ4n) is 3.67. The average molecular weight is 589 g/mol. The Balaban J connectivity index is 1.42. The predicted octanol–water partition coefficient (Wildman–Crippen LogP) is 5.25. The number of hydrazone groups is 1. The number of furan rings is 1. The van der Waals surface area contributed by atoms with Crippen LogP contribution >= 0.6 is 11.3 Å². The Morgan fingerprint density at radius 3 is 2.50 bits per heavy atom. The van der Waals surface area contributed by atoms with Gasteiger partial charge in [0.25, 0.3) is 15.9 Å².